The highest BCUT2D eigenvalue weighted by molar-refractivity contribution is 14.1. The standard InChI is InChI=1S/C19H18I2O/c1-22-19-16(9-5-11-20)13-18(14-17(19)10-6-12-21)15-7-3-2-4-8-15/h2-8,11-14H,9-10H2,1H3/b11-5+,12-6+. The molecule has 22 heavy (non-hydrogen) atoms. The molecule has 3 heteroatoms. The summed E-state index contributed by atoms with van der Waals surface area (Å²) in [6.07, 6.45) is 6.08. The Labute approximate surface area is 159 Å². The lowest BCUT2D eigenvalue weighted by molar-refractivity contribution is 0.406. The average molecular weight is 516 g/mol. The summed E-state index contributed by atoms with van der Waals surface area (Å²) in [6, 6.07) is 15.0. The molecule has 2 rings (SSSR count). The fourth-order valence-electron chi connectivity index (χ4n) is 2.46. The van der Waals surface area contributed by atoms with E-state index < -0.39 is 0 Å². The van der Waals surface area contributed by atoms with Gasteiger partial charge >= 0.3 is 0 Å². The molecule has 2 aromatic rings. The van der Waals surface area contributed by atoms with Crippen molar-refractivity contribution in [3.05, 3.63) is 73.9 Å². The van der Waals surface area contributed by atoms with Crippen LogP contribution in [0.5, 0.6) is 5.75 Å². The molecule has 2 aromatic carbocycles. The lowest BCUT2D eigenvalue weighted by atomic mass is 9.96. The van der Waals surface area contributed by atoms with Crippen molar-refractivity contribution in [3.63, 3.8) is 0 Å². The Kier molecular flexibility index (Phi) is 7.45. The number of hydrogen-bond donors (Lipinski definition) is 0. The first-order chi connectivity index (χ1) is 10.8. The maximum absolute atomic E-state index is 5.69. The van der Waals surface area contributed by atoms with Gasteiger partial charge in [-0.3, -0.25) is 0 Å². The van der Waals surface area contributed by atoms with Gasteiger partial charge in [-0.05, 0) is 55.4 Å². The van der Waals surface area contributed by atoms with Crippen LogP contribution in [0.25, 0.3) is 11.1 Å². The fraction of sp³-hybridized carbons (Fsp3) is 0.158. The van der Waals surface area contributed by atoms with Crippen molar-refractivity contribution < 1.29 is 4.74 Å². The van der Waals surface area contributed by atoms with Gasteiger partial charge in [0.05, 0.1) is 7.11 Å². The summed E-state index contributed by atoms with van der Waals surface area (Å²) >= 11 is 4.51. The highest BCUT2D eigenvalue weighted by Gasteiger charge is 2.11. The number of hydrogen-bond acceptors (Lipinski definition) is 1. The van der Waals surface area contributed by atoms with Crippen molar-refractivity contribution in [2.24, 2.45) is 0 Å². The first kappa shape index (κ1) is 17.5. The summed E-state index contributed by atoms with van der Waals surface area (Å²) in [5, 5.41) is 0. The molecule has 0 aliphatic carbocycles. The SMILES string of the molecule is COc1c(C/C=C/I)cc(-c2ccccc2)cc1C/C=C/I. The second-order valence-electron chi connectivity index (χ2n) is 4.83. The molecule has 0 unspecified atom stereocenters. The molecule has 0 aliphatic rings. The van der Waals surface area contributed by atoms with Crippen molar-refractivity contribution in [1.82, 2.24) is 0 Å². The van der Waals surface area contributed by atoms with Crippen LogP contribution in [0.1, 0.15) is 11.1 Å². The van der Waals surface area contributed by atoms with E-state index in [9.17, 15) is 0 Å². The zero-order valence-corrected chi connectivity index (χ0v) is 16.7. The molecule has 1 nitrogen and oxygen atoms in total. The predicted molar refractivity (Wildman–Crippen MR) is 112 cm³/mol. The molecule has 0 bridgehead atoms. The zero-order chi connectivity index (χ0) is 15.8. The van der Waals surface area contributed by atoms with Gasteiger partial charge in [0, 0.05) is 0 Å². The maximum atomic E-state index is 5.69. The minimum absolute atomic E-state index is 0.883. The predicted octanol–water partition coefficient (Wildman–Crippen LogP) is 6.34. The monoisotopic (exact) mass is 516 g/mol. The number of allylic oxidation sites excluding steroid dienone is 2. The van der Waals surface area contributed by atoms with Crippen LogP contribution >= 0.6 is 45.2 Å². The Morgan fingerprint density at radius 3 is 1.86 bits per heavy atom. The van der Waals surface area contributed by atoms with E-state index in [1.807, 2.05) is 6.07 Å². The van der Waals surface area contributed by atoms with E-state index in [0.717, 1.165) is 18.6 Å². The molecule has 0 amide bonds. The van der Waals surface area contributed by atoms with Gasteiger partial charge in [0.2, 0.25) is 0 Å². The van der Waals surface area contributed by atoms with Gasteiger partial charge in [-0.1, -0.05) is 87.7 Å². The van der Waals surface area contributed by atoms with Crippen LogP contribution in [-0.4, -0.2) is 7.11 Å². The number of benzene rings is 2. The van der Waals surface area contributed by atoms with Crippen LogP contribution in [0, 0.1) is 0 Å². The maximum Gasteiger partial charge on any atom is 0.125 e. The molecule has 114 valence electrons. The molecule has 0 fully saturated rings. The second kappa shape index (κ2) is 9.35. The molecule has 0 saturated carbocycles. The molecule has 0 heterocycles. The second-order valence-corrected chi connectivity index (χ2v) is 6.26. The van der Waals surface area contributed by atoms with E-state index in [1.54, 1.807) is 7.11 Å². The molecular weight excluding hydrogens is 498 g/mol. The number of ether oxygens (including phenoxy) is 1. The van der Waals surface area contributed by atoms with Gasteiger partial charge in [0.1, 0.15) is 5.75 Å². The minimum atomic E-state index is 0.883. The Morgan fingerprint density at radius 2 is 1.41 bits per heavy atom. The number of rotatable bonds is 6. The van der Waals surface area contributed by atoms with Gasteiger partial charge in [-0.25, -0.2) is 0 Å². The van der Waals surface area contributed by atoms with Crippen molar-refractivity contribution in [2.75, 3.05) is 7.11 Å². The first-order valence-corrected chi connectivity index (χ1v) is 9.55. The molecule has 0 spiro atoms. The van der Waals surface area contributed by atoms with Crippen LogP contribution in [0.4, 0.5) is 0 Å². The Morgan fingerprint density at radius 1 is 0.864 bits per heavy atom. The summed E-state index contributed by atoms with van der Waals surface area (Å²) in [5.74, 6) is 1.00. The quantitative estimate of drug-likeness (QED) is 0.407. The Bertz CT molecular complexity index is 625. The molecule has 0 N–H and O–H groups in total. The van der Waals surface area contributed by atoms with Gasteiger partial charge < -0.3 is 4.74 Å². The average Bonchev–Trinajstić information content (AvgIpc) is 2.58. The normalized spacial score (nSPS) is 11.4. The third-order valence-electron chi connectivity index (χ3n) is 3.41. The summed E-state index contributed by atoms with van der Waals surface area (Å²) in [5.41, 5.74) is 4.95. The van der Waals surface area contributed by atoms with E-state index in [0.29, 0.717) is 0 Å². The van der Waals surface area contributed by atoms with E-state index in [2.05, 4.69) is 102 Å². The molecule has 0 aliphatic heterocycles. The zero-order valence-electron chi connectivity index (χ0n) is 12.4. The van der Waals surface area contributed by atoms with Crippen molar-refractivity contribution in [2.45, 2.75) is 12.8 Å². The minimum Gasteiger partial charge on any atom is -0.496 e. The summed E-state index contributed by atoms with van der Waals surface area (Å²) in [7, 11) is 1.76. The van der Waals surface area contributed by atoms with Crippen molar-refractivity contribution >= 4 is 45.2 Å². The third-order valence-corrected chi connectivity index (χ3v) is 4.42. The highest BCUT2D eigenvalue weighted by atomic mass is 127. The number of halogens is 2. The molecule has 0 aromatic heterocycles. The molecular formula is C19H18I2O. The van der Waals surface area contributed by atoms with Crippen molar-refractivity contribution in [3.8, 4) is 16.9 Å². The lowest BCUT2D eigenvalue weighted by Gasteiger charge is -2.15. The van der Waals surface area contributed by atoms with Gasteiger partial charge in [0.25, 0.3) is 0 Å². The van der Waals surface area contributed by atoms with Crippen LogP contribution in [-0.2, 0) is 12.8 Å². The summed E-state index contributed by atoms with van der Waals surface area (Å²) in [6.45, 7) is 0. The largest absolute Gasteiger partial charge is 0.496 e. The summed E-state index contributed by atoms with van der Waals surface area (Å²) < 4.78 is 9.79. The van der Waals surface area contributed by atoms with Crippen LogP contribution in [0.15, 0.2) is 62.8 Å². The molecule has 0 radical (unpaired) electrons. The van der Waals surface area contributed by atoms with E-state index in [4.69, 9.17) is 4.74 Å². The van der Waals surface area contributed by atoms with Crippen LogP contribution in [0.3, 0.4) is 0 Å². The first-order valence-electron chi connectivity index (χ1n) is 7.05. The molecule has 0 saturated heterocycles. The van der Waals surface area contributed by atoms with Crippen LogP contribution < -0.4 is 4.74 Å². The fourth-order valence-corrected chi connectivity index (χ4v) is 2.97. The van der Waals surface area contributed by atoms with E-state index >= 15 is 0 Å². The van der Waals surface area contributed by atoms with Gasteiger partial charge in [-0.15, -0.1) is 0 Å². The van der Waals surface area contributed by atoms with Gasteiger partial charge in [0.15, 0.2) is 0 Å². The van der Waals surface area contributed by atoms with E-state index in [-0.39, 0.29) is 0 Å². The van der Waals surface area contributed by atoms with E-state index in [1.165, 1.54) is 22.3 Å². The topological polar surface area (TPSA) is 9.23 Å². The summed E-state index contributed by atoms with van der Waals surface area (Å²) in [4.78, 5) is 0. The smallest absolute Gasteiger partial charge is 0.125 e. The Balaban J connectivity index is 2.55. The Hall–Kier alpha value is -0.820. The number of methoxy groups -OCH3 is 1. The molecule has 0 atom stereocenters. The van der Waals surface area contributed by atoms with Crippen LogP contribution in [0.2, 0.25) is 0 Å². The van der Waals surface area contributed by atoms with Gasteiger partial charge in [-0.2, -0.15) is 0 Å². The third kappa shape index (κ3) is 4.59. The van der Waals surface area contributed by atoms with Crippen molar-refractivity contribution in [1.29, 1.82) is 0 Å². The highest BCUT2D eigenvalue weighted by Crippen LogP contribution is 2.32. The lowest BCUT2D eigenvalue weighted by Crippen LogP contribution is -1.98.